The Kier molecular flexibility index (Phi) is 8.53. The van der Waals surface area contributed by atoms with Gasteiger partial charge in [0.05, 0.1) is 11.0 Å². The Hall–Kier alpha value is -8.20. The minimum absolute atomic E-state index is 0.628. The predicted molar refractivity (Wildman–Crippen MR) is 253 cm³/mol. The SMILES string of the molecule is c1ccc(-c2nc(-c3ccccc3)nc(-c3ccc4c(c3)c3ccccc3n4-c3ccc4sc5c(-c6nc(-c7ccccc7)nc(-c7ccccc7)n6)cccc5c4c3)n2)cc1. The van der Waals surface area contributed by atoms with E-state index in [1.165, 1.54) is 10.1 Å². The van der Waals surface area contributed by atoms with Crippen molar-refractivity contribution in [1.82, 2.24) is 34.5 Å². The van der Waals surface area contributed by atoms with Gasteiger partial charge in [-0.15, -0.1) is 11.3 Å². The first-order valence-corrected chi connectivity index (χ1v) is 21.3. The minimum Gasteiger partial charge on any atom is -0.309 e. The van der Waals surface area contributed by atoms with Gasteiger partial charge < -0.3 is 4.57 Å². The topological polar surface area (TPSA) is 82.3 Å². The van der Waals surface area contributed by atoms with E-state index in [4.69, 9.17) is 29.9 Å². The smallest absolute Gasteiger partial charge is 0.165 e. The van der Waals surface area contributed by atoms with Gasteiger partial charge >= 0.3 is 0 Å². The highest BCUT2D eigenvalue weighted by atomic mass is 32.1. The van der Waals surface area contributed by atoms with Crippen LogP contribution < -0.4 is 0 Å². The second-order valence-corrected chi connectivity index (χ2v) is 16.2. The molecule has 8 aromatic carbocycles. The van der Waals surface area contributed by atoms with Gasteiger partial charge in [0, 0.05) is 70.0 Å². The molecule has 7 nitrogen and oxygen atoms in total. The summed E-state index contributed by atoms with van der Waals surface area (Å²) < 4.78 is 4.69. The van der Waals surface area contributed by atoms with Gasteiger partial charge in [-0.25, -0.2) is 29.9 Å². The average molecular weight is 812 g/mol. The standard InChI is InChI=1S/C54H33N7S/c1-5-16-34(17-6-1)49-55-50(35-18-7-2-8-19-35)58-53(57-49)38-28-30-46-43(32-38)40-24-13-14-27-45(40)61(46)39-29-31-47-44(33-39)41-25-15-26-42(48(41)62-47)54-59-51(36-20-9-3-10-21-36)56-52(60-54)37-22-11-4-12-23-37/h1-33H. The van der Waals surface area contributed by atoms with Crippen molar-refractivity contribution >= 4 is 53.3 Å². The Morgan fingerprint density at radius 3 is 1.34 bits per heavy atom. The van der Waals surface area contributed by atoms with Crippen molar-refractivity contribution < 1.29 is 0 Å². The molecule has 0 atom stereocenters. The lowest BCUT2D eigenvalue weighted by Crippen LogP contribution is -2.00. The molecule has 0 aliphatic rings. The number of aromatic nitrogens is 7. The highest BCUT2D eigenvalue weighted by molar-refractivity contribution is 7.26. The van der Waals surface area contributed by atoms with Crippen molar-refractivity contribution in [2.45, 2.75) is 0 Å². The Labute approximate surface area is 360 Å². The van der Waals surface area contributed by atoms with E-state index in [1.807, 2.05) is 121 Å². The second-order valence-electron chi connectivity index (χ2n) is 15.1. The van der Waals surface area contributed by atoms with Crippen LogP contribution in [0.4, 0.5) is 0 Å². The van der Waals surface area contributed by atoms with Crippen molar-refractivity contribution in [1.29, 1.82) is 0 Å². The molecule has 0 fully saturated rings. The summed E-state index contributed by atoms with van der Waals surface area (Å²) in [6.45, 7) is 0. The lowest BCUT2D eigenvalue weighted by atomic mass is 10.1. The first-order chi connectivity index (χ1) is 30.7. The molecule has 0 N–H and O–H groups in total. The number of para-hydroxylation sites is 1. The van der Waals surface area contributed by atoms with E-state index in [0.717, 1.165) is 71.0 Å². The Morgan fingerprint density at radius 2 is 0.774 bits per heavy atom. The van der Waals surface area contributed by atoms with Gasteiger partial charge in [0.25, 0.3) is 0 Å². The van der Waals surface area contributed by atoms with Crippen LogP contribution in [0.5, 0.6) is 0 Å². The quantitative estimate of drug-likeness (QED) is 0.159. The minimum atomic E-state index is 0.628. The van der Waals surface area contributed by atoms with E-state index in [2.05, 4.69) is 83.4 Å². The van der Waals surface area contributed by atoms with E-state index in [1.54, 1.807) is 11.3 Å². The molecule has 0 radical (unpaired) electrons. The fraction of sp³-hybridized carbons (Fsp3) is 0. The molecule has 12 aromatic rings. The number of fused-ring (bicyclic) bond motifs is 6. The molecule has 0 aliphatic carbocycles. The van der Waals surface area contributed by atoms with Crippen molar-refractivity contribution in [3.63, 3.8) is 0 Å². The summed E-state index contributed by atoms with van der Waals surface area (Å²) in [7, 11) is 0. The molecule has 0 spiro atoms. The molecule has 0 saturated carbocycles. The van der Waals surface area contributed by atoms with Gasteiger partial charge in [0.15, 0.2) is 34.9 Å². The Bertz CT molecular complexity index is 3510. The van der Waals surface area contributed by atoms with Crippen LogP contribution in [0, 0.1) is 0 Å². The highest BCUT2D eigenvalue weighted by Crippen LogP contribution is 2.42. The molecule has 4 aromatic heterocycles. The van der Waals surface area contributed by atoms with E-state index >= 15 is 0 Å². The van der Waals surface area contributed by atoms with Gasteiger partial charge in [-0.3, -0.25) is 0 Å². The summed E-state index contributed by atoms with van der Waals surface area (Å²) in [5.74, 6) is 3.85. The van der Waals surface area contributed by atoms with E-state index in [-0.39, 0.29) is 0 Å². The van der Waals surface area contributed by atoms with Crippen LogP contribution in [0.15, 0.2) is 200 Å². The molecule has 4 heterocycles. The lowest BCUT2D eigenvalue weighted by Gasteiger charge is -2.10. The molecule has 12 rings (SSSR count). The molecule has 8 heteroatoms. The predicted octanol–water partition coefficient (Wildman–Crippen LogP) is 13.5. The zero-order valence-corrected chi connectivity index (χ0v) is 33.9. The van der Waals surface area contributed by atoms with Crippen molar-refractivity contribution in [2.75, 3.05) is 0 Å². The maximum Gasteiger partial charge on any atom is 0.165 e. The molecule has 0 amide bonds. The first kappa shape index (κ1) is 35.7. The monoisotopic (exact) mass is 811 g/mol. The van der Waals surface area contributed by atoms with E-state index < -0.39 is 0 Å². The number of hydrogen-bond acceptors (Lipinski definition) is 7. The molecule has 0 unspecified atom stereocenters. The Morgan fingerprint density at radius 1 is 0.306 bits per heavy atom. The van der Waals surface area contributed by atoms with Gasteiger partial charge in [0.1, 0.15) is 0 Å². The third-order valence-corrected chi connectivity index (χ3v) is 12.5. The molecule has 0 saturated heterocycles. The normalized spacial score (nSPS) is 11.5. The zero-order valence-electron chi connectivity index (χ0n) is 33.1. The van der Waals surface area contributed by atoms with Crippen molar-refractivity contribution in [2.24, 2.45) is 0 Å². The fourth-order valence-electron chi connectivity index (χ4n) is 8.36. The third-order valence-electron chi connectivity index (χ3n) is 11.3. The number of benzene rings is 8. The molecular weight excluding hydrogens is 779 g/mol. The number of hydrogen-bond donors (Lipinski definition) is 0. The van der Waals surface area contributed by atoms with Crippen LogP contribution in [0.3, 0.4) is 0 Å². The van der Waals surface area contributed by atoms with Crippen LogP contribution in [-0.2, 0) is 0 Å². The third kappa shape index (κ3) is 6.20. The molecule has 0 aliphatic heterocycles. The molecular formula is C54H33N7S. The fourth-order valence-corrected chi connectivity index (χ4v) is 9.55. The Balaban J connectivity index is 0.999. The van der Waals surface area contributed by atoms with Crippen LogP contribution in [0.25, 0.3) is 116 Å². The molecule has 290 valence electrons. The number of thiophene rings is 1. The second kappa shape index (κ2) is 14.8. The van der Waals surface area contributed by atoms with Gasteiger partial charge in [-0.2, -0.15) is 0 Å². The summed E-state index contributed by atoms with van der Waals surface area (Å²) in [6.07, 6.45) is 0. The molecule has 62 heavy (non-hydrogen) atoms. The van der Waals surface area contributed by atoms with E-state index in [0.29, 0.717) is 34.9 Å². The van der Waals surface area contributed by atoms with Crippen molar-refractivity contribution in [3.05, 3.63) is 200 Å². The zero-order chi connectivity index (χ0) is 41.0. The number of nitrogens with zero attached hydrogens (tertiary/aromatic N) is 7. The van der Waals surface area contributed by atoms with Crippen LogP contribution in [0.1, 0.15) is 0 Å². The first-order valence-electron chi connectivity index (χ1n) is 20.5. The van der Waals surface area contributed by atoms with Crippen LogP contribution >= 0.6 is 11.3 Å². The van der Waals surface area contributed by atoms with Crippen molar-refractivity contribution in [3.8, 4) is 74.0 Å². The number of rotatable bonds is 7. The summed E-state index contributed by atoms with van der Waals surface area (Å²) in [5, 5.41) is 4.62. The highest BCUT2D eigenvalue weighted by Gasteiger charge is 2.20. The van der Waals surface area contributed by atoms with Gasteiger partial charge in [0.2, 0.25) is 0 Å². The van der Waals surface area contributed by atoms with Crippen LogP contribution in [0.2, 0.25) is 0 Å². The average Bonchev–Trinajstić information content (AvgIpc) is 3.90. The van der Waals surface area contributed by atoms with Gasteiger partial charge in [-0.05, 0) is 48.5 Å². The lowest BCUT2D eigenvalue weighted by molar-refractivity contribution is 1.07. The molecule has 0 bridgehead atoms. The van der Waals surface area contributed by atoms with Gasteiger partial charge in [-0.1, -0.05) is 152 Å². The van der Waals surface area contributed by atoms with Crippen LogP contribution in [-0.4, -0.2) is 34.5 Å². The summed E-state index contributed by atoms with van der Waals surface area (Å²) in [5.41, 5.74) is 8.98. The summed E-state index contributed by atoms with van der Waals surface area (Å²) >= 11 is 1.77. The largest absolute Gasteiger partial charge is 0.309 e. The maximum atomic E-state index is 5.08. The summed E-state index contributed by atoms with van der Waals surface area (Å²) in [6, 6.07) is 68.8. The summed E-state index contributed by atoms with van der Waals surface area (Å²) in [4.78, 5) is 30.1. The maximum absolute atomic E-state index is 5.08. The van der Waals surface area contributed by atoms with E-state index in [9.17, 15) is 0 Å².